The molecule has 4 rings (SSSR count). The van der Waals surface area contributed by atoms with Crippen molar-refractivity contribution in [1.29, 1.82) is 0 Å². The minimum absolute atomic E-state index is 0.0596. The number of benzene rings is 3. The van der Waals surface area contributed by atoms with Crippen LogP contribution in [-0.2, 0) is 16.6 Å². The van der Waals surface area contributed by atoms with E-state index in [0.717, 1.165) is 10.4 Å². The molecule has 9 nitrogen and oxygen atoms in total. The van der Waals surface area contributed by atoms with Gasteiger partial charge in [-0.1, -0.05) is 35.9 Å². The molecular weight excluding hydrogens is 506 g/mol. The van der Waals surface area contributed by atoms with Crippen LogP contribution < -0.4 is 9.47 Å². The Hall–Kier alpha value is -3.73. The Kier molecular flexibility index (Phi) is 7.11. The molecule has 36 heavy (non-hydrogen) atoms. The number of halogens is 1. The van der Waals surface area contributed by atoms with Crippen LogP contribution in [0.1, 0.15) is 5.56 Å². The van der Waals surface area contributed by atoms with Crippen molar-refractivity contribution < 1.29 is 28.1 Å². The lowest BCUT2D eigenvalue weighted by atomic mass is 10.1. The molecular formula is C25H24ClN3O6S. The second-order valence-corrected chi connectivity index (χ2v) is 10.3. The molecule has 0 amide bonds. The van der Waals surface area contributed by atoms with Crippen molar-refractivity contribution in [1.82, 2.24) is 14.1 Å². The third-order valence-corrected chi connectivity index (χ3v) is 7.79. The van der Waals surface area contributed by atoms with E-state index in [2.05, 4.69) is 5.10 Å². The highest BCUT2D eigenvalue weighted by Gasteiger charge is 2.28. The van der Waals surface area contributed by atoms with Gasteiger partial charge >= 0.3 is 0 Å². The summed E-state index contributed by atoms with van der Waals surface area (Å²) in [4.78, 5) is -0.383. The summed E-state index contributed by atoms with van der Waals surface area (Å²) >= 11 is 6.32. The number of phenols is 2. The van der Waals surface area contributed by atoms with Crippen LogP contribution in [0.25, 0.3) is 16.9 Å². The van der Waals surface area contributed by atoms with Crippen molar-refractivity contribution in [2.75, 3.05) is 21.3 Å². The van der Waals surface area contributed by atoms with E-state index in [9.17, 15) is 18.6 Å². The highest BCUT2D eigenvalue weighted by atomic mass is 35.5. The predicted octanol–water partition coefficient (Wildman–Crippen LogP) is 4.44. The van der Waals surface area contributed by atoms with E-state index < -0.39 is 15.8 Å². The zero-order valence-corrected chi connectivity index (χ0v) is 21.3. The molecule has 0 radical (unpaired) electrons. The van der Waals surface area contributed by atoms with Gasteiger partial charge in [-0.15, -0.1) is 0 Å². The van der Waals surface area contributed by atoms with E-state index in [1.807, 2.05) is 0 Å². The summed E-state index contributed by atoms with van der Waals surface area (Å²) in [5.74, 6) is -0.0494. The fourth-order valence-electron chi connectivity index (χ4n) is 3.86. The molecule has 11 heteroatoms. The first kappa shape index (κ1) is 25.4. The number of para-hydroxylation sites is 2. The van der Waals surface area contributed by atoms with Crippen LogP contribution in [0.2, 0.25) is 5.02 Å². The largest absolute Gasteiger partial charge is 0.507 e. The van der Waals surface area contributed by atoms with Crippen LogP contribution in [0, 0.1) is 0 Å². The number of aromatic nitrogens is 2. The van der Waals surface area contributed by atoms with Crippen molar-refractivity contribution in [2.24, 2.45) is 0 Å². The molecule has 4 aromatic rings. The van der Waals surface area contributed by atoms with Crippen molar-refractivity contribution in [3.63, 3.8) is 0 Å². The van der Waals surface area contributed by atoms with Crippen LogP contribution in [0.3, 0.4) is 0 Å². The molecule has 0 fully saturated rings. The summed E-state index contributed by atoms with van der Waals surface area (Å²) in [5, 5.41) is 25.8. The third-order valence-electron chi connectivity index (χ3n) is 5.64. The van der Waals surface area contributed by atoms with E-state index >= 15 is 0 Å². The second-order valence-electron chi connectivity index (χ2n) is 7.83. The zero-order valence-electron chi connectivity index (χ0n) is 19.7. The van der Waals surface area contributed by atoms with Gasteiger partial charge in [-0.05, 0) is 30.3 Å². The molecule has 2 N–H and O–H groups in total. The van der Waals surface area contributed by atoms with Crippen LogP contribution in [0.4, 0.5) is 0 Å². The number of hydrogen-bond donors (Lipinski definition) is 2. The first-order chi connectivity index (χ1) is 17.2. The van der Waals surface area contributed by atoms with Gasteiger partial charge in [-0.2, -0.15) is 9.40 Å². The Morgan fingerprint density at radius 3 is 2.44 bits per heavy atom. The molecule has 0 bridgehead atoms. The van der Waals surface area contributed by atoms with Gasteiger partial charge < -0.3 is 19.7 Å². The van der Waals surface area contributed by atoms with Crippen LogP contribution in [0.5, 0.6) is 23.0 Å². The highest BCUT2D eigenvalue weighted by Crippen LogP contribution is 2.40. The Labute approximate surface area is 213 Å². The van der Waals surface area contributed by atoms with Gasteiger partial charge in [0.15, 0.2) is 11.5 Å². The summed E-state index contributed by atoms with van der Waals surface area (Å²) < 4.78 is 40.3. The van der Waals surface area contributed by atoms with E-state index in [4.69, 9.17) is 21.1 Å². The summed E-state index contributed by atoms with van der Waals surface area (Å²) in [6.07, 6.45) is 1.50. The molecule has 0 saturated heterocycles. The van der Waals surface area contributed by atoms with Crippen molar-refractivity contribution in [2.45, 2.75) is 11.4 Å². The van der Waals surface area contributed by atoms with Gasteiger partial charge in [-0.25, -0.2) is 13.1 Å². The Balaban J connectivity index is 1.77. The highest BCUT2D eigenvalue weighted by molar-refractivity contribution is 7.89. The lowest BCUT2D eigenvalue weighted by Gasteiger charge is -2.21. The van der Waals surface area contributed by atoms with Gasteiger partial charge in [0.25, 0.3) is 0 Å². The van der Waals surface area contributed by atoms with Crippen molar-refractivity contribution in [3.05, 3.63) is 77.4 Å². The first-order valence-electron chi connectivity index (χ1n) is 10.7. The standard InChI is InChI=1S/C25H24ClN3O6S/c1-28(15-16-7-6-10-23(34-2)25(16)35-3)36(32,33)24-13-17(21(30)14-22(24)31)19-11-12-27-29(19)20-9-5-4-8-18(20)26/h4-14,30-31H,15H2,1-3H3. The van der Waals surface area contributed by atoms with Gasteiger partial charge in [-0.3, -0.25) is 0 Å². The molecule has 0 unspecified atom stereocenters. The predicted molar refractivity (Wildman–Crippen MR) is 136 cm³/mol. The normalized spacial score (nSPS) is 11.6. The minimum Gasteiger partial charge on any atom is -0.507 e. The molecule has 0 saturated carbocycles. The monoisotopic (exact) mass is 529 g/mol. The Morgan fingerprint density at radius 2 is 1.75 bits per heavy atom. The molecule has 188 valence electrons. The van der Waals surface area contributed by atoms with E-state index in [0.29, 0.717) is 33.5 Å². The maximum absolute atomic E-state index is 13.5. The van der Waals surface area contributed by atoms with Crippen molar-refractivity contribution in [3.8, 4) is 39.9 Å². The SMILES string of the molecule is COc1cccc(CN(C)S(=O)(=O)c2cc(-c3ccnn3-c3ccccc3Cl)c(O)cc2O)c1OC. The fraction of sp³-hybridized carbons (Fsp3) is 0.160. The number of ether oxygens (including phenoxy) is 2. The lowest BCUT2D eigenvalue weighted by molar-refractivity contribution is 0.347. The van der Waals surface area contributed by atoms with Gasteiger partial charge in [0.1, 0.15) is 16.4 Å². The molecule has 0 atom stereocenters. The molecule has 0 aliphatic rings. The lowest BCUT2D eigenvalue weighted by Crippen LogP contribution is -2.27. The summed E-state index contributed by atoms with van der Waals surface area (Å²) in [6.45, 7) is -0.0596. The molecule has 0 spiro atoms. The third kappa shape index (κ3) is 4.58. The summed E-state index contributed by atoms with van der Waals surface area (Å²) in [6, 6.07) is 15.9. The summed E-state index contributed by atoms with van der Waals surface area (Å²) in [5.41, 5.74) is 1.64. The van der Waals surface area contributed by atoms with Crippen LogP contribution >= 0.6 is 11.6 Å². The number of aromatic hydroxyl groups is 2. The number of phenolic OH excluding ortho intramolecular Hbond substituents is 2. The molecule has 1 aromatic heterocycles. The van der Waals surface area contributed by atoms with Gasteiger partial charge in [0.05, 0.1) is 36.8 Å². The number of sulfonamides is 1. The number of rotatable bonds is 8. The maximum Gasteiger partial charge on any atom is 0.246 e. The number of nitrogens with zero attached hydrogens (tertiary/aromatic N) is 3. The average Bonchev–Trinajstić information content (AvgIpc) is 3.33. The van der Waals surface area contributed by atoms with E-state index in [1.165, 1.54) is 38.2 Å². The fourth-order valence-corrected chi connectivity index (χ4v) is 5.31. The summed E-state index contributed by atoms with van der Waals surface area (Å²) in [7, 11) is 0.135. The van der Waals surface area contributed by atoms with E-state index in [-0.39, 0.29) is 22.8 Å². The topological polar surface area (TPSA) is 114 Å². The maximum atomic E-state index is 13.5. The Morgan fingerprint density at radius 1 is 1.00 bits per heavy atom. The van der Waals surface area contributed by atoms with E-state index in [1.54, 1.807) is 48.5 Å². The quantitative estimate of drug-likeness (QED) is 0.347. The van der Waals surface area contributed by atoms with Gasteiger partial charge in [0, 0.05) is 30.8 Å². The second kappa shape index (κ2) is 10.1. The number of hydrogen-bond acceptors (Lipinski definition) is 7. The average molecular weight is 530 g/mol. The molecule has 0 aliphatic carbocycles. The zero-order chi connectivity index (χ0) is 26.0. The van der Waals surface area contributed by atoms with Crippen LogP contribution in [-0.4, -0.2) is 54.0 Å². The van der Waals surface area contributed by atoms with Gasteiger partial charge in [0.2, 0.25) is 10.0 Å². The Bertz CT molecular complexity index is 1520. The molecule has 1 heterocycles. The molecule has 0 aliphatic heterocycles. The van der Waals surface area contributed by atoms with Crippen molar-refractivity contribution >= 4 is 21.6 Å². The van der Waals surface area contributed by atoms with Crippen LogP contribution in [0.15, 0.2) is 71.8 Å². The molecule has 3 aromatic carbocycles. The number of methoxy groups -OCH3 is 2. The smallest absolute Gasteiger partial charge is 0.246 e. The first-order valence-corrected chi connectivity index (χ1v) is 12.5. The minimum atomic E-state index is -4.21.